The van der Waals surface area contributed by atoms with E-state index in [9.17, 15) is 5.11 Å². The van der Waals surface area contributed by atoms with E-state index in [4.69, 9.17) is 10.5 Å². The van der Waals surface area contributed by atoms with Crippen LogP contribution in [0.25, 0.3) is 0 Å². The van der Waals surface area contributed by atoms with Crippen LogP contribution in [0.1, 0.15) is 47.0 Å². The number of rotatable bonds is 5. The maximum Gasteiger partial charge on any atom is 0.0631 e. The quantitative estimate of drug-likeness (QED) is 0.757. The first-order valence-corrected chi connectivity index (χ1v) is 6.34. The third-order valence-electron chi connectivity index (χ3n) is 4.13. The van der Waals surface area contributed by atoms with Gasteiger partial charge >= 0.3 is 0 Å². The molecule has 3 nitrogen and oxygen atoms in total. The number of aliphatic hydroxyl groups excluding tert-OH is 1. The third-order valence-corrected chi connectivity index (χ3v) is 4.13. The van der Waals surface area contributed by atoms with Gasteiger partial charge in [-0.05, 0) is 39.0 Å². The molecule has 1 fully saturated rings. The van der Waals surface area contributed by atoms with E-state index in [0.29, 0.717) is 12.5 Å². The molecule has 0 bridgehead atoms. The van der Waals surface area contributed by atoms with Crippen LogP contribution in [0.3, 0.4) is 0 Å². The van der Waals surface area contributed by atoms with Gasteiger partial charge in [0, 0.05) is 12.0 Å². The topological polar surface area (TPSA) is 55.5 Å². The largest absolute Gasteiger partial charge is 0.396 e. The number of ether oxygens (including phenoxy) is 1. The summed E-state index contributed by atoms with van der Waals surface area (Å²) in [5.41, 5.74) is 5.67. The lowest BCUT2D eigenvalue weighted by Gasteiger charge is -2.37. The molecular formula is C13H27NO2. The van der Waals surface area contributed by atoms with E-state index in [0.717, 1.165) is 19.3 Å². The molecule has 1 aliphatic heterocycles. The second kappa shape index (κ2) is 5.03. The molecule has 16 heavy (non-hydrogen) atoms. The van der Waals surface area contributed by atoms with Crippen LogP contribution in [0.4, 0.5) is 0 Å². The first kappa shape index (κ1) is 13.9. The van der Waals surface area contributed by atoms with Gasteiger partial charge in [0.05, 0.1) is 18.3 Å². The van der Waals surface area contributed by atoms with Gasteiger partial charge in [-0.1, -0.05) is 13.8 Å². The van der Waals surface area contributed by atoms with Crippen LogP contribution in [0.15, 0.2) is 0 Å². The molecule has 2 atom stereocenters. The Morgan fingerprint density at radius 3 is 2.44 bits per heavy atom. The minimum Gasteiger partial charge on any atom is -0.396 e. The Bertz CT molecular complexity index is 222. The number of nitrogens with two attached hydrogens (primary N) is 1. The van der Waals surface area contributed by atoms with Crippen molar-refractivity contribution in [3.8, 4) is 0 Å². The van der Waals surface area contributed by atoms with Crippen LogP contribution in [-0.2, 0) is 4.74 Å². The molecule has 0 spiro atoms. The molecule has 1 aliphatic rings. The molecule has 0 aliphatic carbocycles. The Morgan fingerprint density at radius 2 is 2.12 bits per heavy atom. The number of aliphatic hydroxyl groups is 1. The molecule has 3 N–H and O–H groups in total. The highest BCUT2D eigenvalue weighted by Gasteiger charge is 2.39. The van der Waals surface area contributed by atoms with E-state index in [1.54, 1.807) is 0 Å². The van der Waals surface area contributed by atoms with E-state index in [2.05, 4.69) is 27.7 Å². The Hall–Kier alpha value is -0.120. The summed E-state index contributed by atoms with van der Waals surface area (Å²) in [6.45, 7) is 9.20. The highest BCUT2D eigenvalue weighted by Crippen LogP contribution is 2.39. The van der Waals surface area contributed by atoms with Gasteiger partial charge in [0.15, 0.2) is 0 Å². The van der Waals surface area contributed by atoms with E-state index in [1.165, 1.54) is 0 Å². The Morgan fingerprint density at radius 1 is 1.50 bits per heavy atom. The third kappa shape index (κ3) is 2.96. The van der Waals surface area contributed by atoms with E-state index in [1.807, 2.05) is 0 Å². The molecule has 96 valence electrons. The van der Waals surface area contributed by atoms with Crippen molar-refractivity contribution in [3.05, 3.63) is 0 Å². The van der Waals surface area contributed by atoms with Crippen molar-refractivity contribution in [2.45, 2.75) is 58.7 Å². The molecule has 0 aromatic carbocycles. The monoisotopic (exact) mass is 229 g/mol. The average Bonchev–Trinajstić information content (AvgIpc) is 2.54. The zero-order valence-corrected chi connectivity index (χ0v) is 11.1. The summed E-state index contributed by atoms with van der Waals surface area (Å²) in [6.07, 6.45) is 3.32. The molecular weight excluding hydrogens is 202 g/mol. The Balaban J connectivity index is 2.63. The normalized spacial score (nSPS) is 28.3. The highest BCUT2D eigenvalue weighted by molar-refractivity contribution is 4.90. The predicted molar refractivity (Wildman–Crippen MR) is 66.2 cm³/mol. The average molecular weight is 229 g/mol. The standard InChI is InChI=1S/C13H27NO2/c1-10(2)13(8-14,9-15)7-11-5-6-12(3,4)16-11/h10-11,15H,5-9,14H2,1-4H3. The smallest absolute Gasteiger partial charge is 0.0631 e. The van der Waals surface area contributed by atoms with Crippen LogP contribution in [0.5, 0.6) is 0 Å². The summed E-state index contributed by atoms with van der Waals surface area (Å²) >= 11 is 0. The van der Waals surface area contributed by atoms with Gasteiger partial charge in [0.25, 0.3) is 0 Å². The molecule has 2 unspecified atom stereocenters. The predicted octanol–water partition coefficient (Wildman–Crippen LogP) is 1.93. The number of hydrogen-bond acceptors (Lipinski definition) is 3. The van der Waals surface area contributed by atoms with Gasteiger partial charge in [-0.2, -0.15) is 0 Å². The minimum absolute atomic E-state index is 0.00254. The SMILES string of the molecule is CC(C)C(CN)(CO)CC1CCC(C)(C)O1. The minimum atomic E-state index is -0.176. The summed E-state index contributed by atoms with van der Waals surface area (Å²) in [5.74, 6) is 0.384. The van der Waals surface area contributed by atoms with Crippen molar-refractivity contribution in [2.75, 3.05) is 13.2 Å². The fourth-order valence-corrected chi connectivity index (χ4v) is 2.54. The summed E-state index contributed by atoms with van der Waals surface area (Å²) in [7, 11) is 0. The molecule has 0 saturated carbocycles. The molecule has 0 amide bonds. The fourth-order valence-electron chi connectivity index (χ4n) is 2.54. The van der Waals surface area contributed by atoms with E-state index >= 15 is 0 Å². The van der Waals surface area contributed by atoms with Crippen molar-refractivity contribution in [1.29, 1.82) is 0 Å². The lowest BCUT2D eigenvalue weighted by Crippen LogP contribution is -2.42. The van der Waals surface area contributed by atoms with E-state index in [-0.39, 0.29) is 23.7 Å². The second-order valence-electron chi connectivity index (χ2n) is 6.12. The lowest BCUT2D eigenvalue weighted by molar-refractivity contribution is -0.0518. The second-order valence-corrected chi connectivity index (χ2v) is 6.12. The molecule has 1 saturated heterocycles. The summed E-state index contributed by atoms with van der Waals surface area (Å²) in [4.78, 5) is 0. The Kier molecular flexibility index (Phi) is 4.38. The van der Waals surface area contributed by atoms with Crippen molar-refractivity contribution in [3.63, 3.8) is 0 Å². The maximum atomic E-state index is 9.60. The van der Waals surface area contributed by atoms with Gasteiger partial charge in [-0.15, -0.1) is 0 Å². The molecule has 0 radical (unpaired) electrons. The van der Waals surface area contributed by atoms with Crippen molar-refractivity contribution < 1.29 is 9.84 Å². The van der Waals surface area contributed by atoms with Crippen LogP contribution in [0, 0.1) is 11.3 Å². The molecule has 3 heteroatoms. The molecule has 1 heterocycles. The van der Waals surface area contributed by atoms with Crippen LogP contribution >= 0.6 is 0 Å². The van der Waals surface area contributed by atoms with Crippen molar-refractivity contribution >= 4 is 0 Å². The van der Waals surface area contributed by atoms with Gasteiger partial charge in [0.2, 0.25) is 0 Å². The number of hydrogen-bond donors (Lipinski definition) is 2. The van der Waals surface area contributed by atoms with Gasteiger partial charge in [0.1, 0.15) is 0 Å². The van der Waals surface area contributed by atoms with Crippen LogP contribution < -0.4 is 5.73 Å². The van der Waals surface area contributed by atoms with Crippen LogP contribution in [-0.4, -0.2) is 30.0 Å². The summed E-state index contributed by atoms with van der Waals surface area (Å²) in [5, 5.41) is 9.60. The zero-order chi connectivity index (χ0) is 12.4. The fraction of sp³-hybridized carbons (Fsp3) is 1.00. The Labute approximate surface area is 99.4 Å². The van der Waals surface area contributed by atoms with Crippen molar-refractivity contribution in [1.82, 2.24) is 0 Å². The highest BCUT2D eigenvalue weighted by atomic mass is 16.5. The first-order chi connectivity index (χ1) is 7.35. The van der Waals surface area contributed by atoms with Gasteiger partial charge in [-0.25, -0.2) is 0 Å². The van der Waals surface area contributed by atoms with Gasteiger partial charge in [-0.3, -0.25) is 0 Å². The van der Waals surface area contributed by atoms with Crippen molar-refractivity contribution in [2.24, 2.45) is 17.1 Å². The maximum absolute atomic E-state index is 9.60. The summed E-state index contributed by atoms with van der Waals surface area (Å²) < 4.78 is 5.99. The van der Waals surface area contributed by atoms with Crippen LogP contribution in [0.2, 0.25) is 0 Å². The first-order valence-electron chi connectivity index (χ1n) is 6.34. The van der Waals surface area contributed by atoms with E-state index < -0.39 is 0 Å². The molecule has 0 aromatic heterocycles. The molecule has 0 aromatic rings. The summed E-state index contributed by atoms with van der Waals surface area (Å²) in [6, 6.07) is 0. The lowest BCUT2D eigenvalue weighted by atomic mass is 9.73. The molecule has 1 rings (SSSR count). The van der Waals surface area contributed by atoms with Gasteiger partial charge < -0.3 is 15.6 Å². The zero-order valence-electron chi connectivity index (χ0n) is 11.1.